The van der Waals surface area contributed by atoms with Crippen molar-refractivity contribution >= 4 is 17.4 Å². The minimum absolute atomic E-state index is 0.0272. The number of anilines is 1. The number of nitrogens with one attached hydrogen (secondary N) is 1. The van der Waals surface area contributed by atoms with E-state index < -0.39 is 5.82 Å². The largest absolute Gasteiger partial charge is 0.507 e. The first-order valence-electron chi connectivity index (χ1n) is 12.8. The molecule has 208 valence electrons. The minimum atomic E-state index is -0.554. The average Bonchev–Trinajstić information content (AvgIpc) is 3.27. The highest BCUT2D eigenvalue weighted by Gasteiger charge is 2.19. The van der Waals surface area contributed by atoms with Crippen molar-refractivity contribution in [3.63, 3.8) is 0 Å². The smallest absolute Gasteiger partial charge is 0.332 e. The van der Waals surface area contributed by atoms with Gasteiger partial charge in [-0.2, -0.15) is 4.98 Å². The van der Waals surface area contributed by atoms with Crippen LogP contribution in [0, 0.1) is 5.82 Å². The Morgan fingerprint density at radius 1 is 1.12 bits per heavy atom. The number of aryl methyl sites for hydroxylation is 1. The predicted octanol–water partition coefficient (Wildman–Crippen LogP) is 4.44. The van der Waals surface area contributed by atoms with E-state index in [2.05, 4.69) is 10.3 Å². The summed E-state index contributed by atoms with van der Waals surface area (Å²) in [6, 6.07) is 10.8. The van der Waals surface area contributed by atoms with Gasteiger partial charge in [0.05, 0.1) is 17.3 Å². The molecule has 2 aromatic carbocycles. The van der Waals surface area contributed by atoms with E-state index in [1.165, 1.54) is 21.3 Å². The van der Waals surface area contributed by atoms with Gasteiger partial charge in [-0.15, -0.1) is 0 Å². The lowest BCUT2D eigenvalue weighted by Crippen LogP contribution is -2.34. The summed E-state index contributed by atoms with van der Waals surface area (Å²) >= 11 is 6.54. The van der Waals surface area contributed by atoms with Gasteiger partial charge >= 0.3 is 5.69 Å². The summed E-state index contributed by atoms with van der Waals surface area (Å²) in [5, 5.41) is 24.1. The van der Waals surface area contributed by atoms with Crippen LogP contribution in [0.5, 0.6) is 11.6 Å². The zero-order chi connectivity index (χ0) is 28.4. The van der Waals surface area contributed by atoms with Crippen LogP contribution in [-0.4, -0.2) is 50.6 Å². The van der Waals surface area contributed by atoms with Crippen molar-refractivity contribution in [2.75, 3.05) is 31.2 Å². The Balaban J connectivity index is 1.59. The molecule has 1 aliphatic heterocycles. The lowest BCUT2D eigenvalue weighted by Gasteiger charge is -2.26. The summed E-state index contributed by atoms with van der Waals surface area (Å²) in [5.41, 5.74) is 2.65. The van der Waals surface area contributed by atoms with Crippen LogP contribution < -0.4 is 20.6 Å². The highest BCUT2D eigenvalue weighted by molar-refractivity contribution is 6.32. The number of allylic oxidation sites excluding steroid dienone is 1. The number of hydrogen-bond acceptors (Lipinski definition) is 7. The molecule has 3 N–H and O–H groups in total. The van der Waals surface area contributed by atoms with Gasteiger partial charge in [-0.05, 0) is 48.4 Å². The number of aromatic nitrogens is 3. The predicted molar refractivity (Wildman–Crippen MR) is 153 cm³/mol. The number of nitrogens with zero attached hydrogens (tertiary/aromatic N) is 4. The van der Waals surface area contributed by atoms with Crippen LogP contribution in [-0.2, 0) is 7.05 Å². The highest BCUT2D eigenvalue weighted by Crippen LogP contribution is 2.42. The first-order valence-corrected chi connectivity index (χ1v) is 13.1. The first-order chi connectivity index (χ1) is 19.2. The molecule has 3 heterocycles. The fraction of sp³-hybridized carbons (Fsp3) is 0.241. The fourth-order valence-corrected chi connectivity index (χ4v) is 4.84. The summed E-state index contributed by atoms with van der Waals surface area (Å²) in [4.78, 5) is 18.9. The lowest BCUT2D eigenvalue weighted by atomic mass is 9.97. The topological polar surface area (TPSA) is 105 Å². The SMILES string of the molecule is CC1=CN(c2cc(-c3cc(F)cc(-c4ccc(-n5ccn(C)c5=O)c(Cl)c4)c3O)cc(OCCCO)n2)CCN1. The van der Waals surface area contributed by atoms with Gasteiger partial charge in [0.15, 0.2) is 0 Å². The van der Waals surface area contributed by atoms with Crippen LogP contribution in [0.3, 0.4) is 0 Å². The van der Waals surface area contributed by atoms with Crippen LogP contribution in [0.25, 0.3) is 27.9 Å². The Labute approximate surface area is 235 Å². The van der Waals surface area contributed by atoms with Crippen molar-refractivity contribution in [3.8, 4) is 39.6 Å². The molecule has 0 amide bonds. The van der Waals surface area contributed by atoms with Crippen LogP contribution in [0.2, 0.25) is 5.02 Å². The molecule has 4 aromatic rings. The number of aliphatic hydroxyl groups excluding tert-OH is 1. The van der Waals surface area contributed by atoms with Crippen molar-refractivity contribution in [1.82, 2.24) is 19.4 Å². The van der Waals surface area contributed by atoms with Gasteiger partial charge in [-0.3, -0.25) is 4.57 Å². The van der Waals surface area contributed by atoms with Crippen LogP contribution in [0.4, 0.5) is 10.2 Å². The summed E-state index contributed by atoms with van der Waals surface area (Å²) in [6.07, 6.45) is 5.58. The van der Waals surface area contributed by atoms with Crippen molar-refractivity contribution < 1.29 is 19.3 Å². The molecule has 0 atom stereocenters. The zero-order valence-electron chi connectivity index (χ0n) is 22.1. The Hall–Kier alpha value is -4.28. The molecule has 0 saturated heterocycles. The zero-order valence-corrected chi connectivity index (χ0v) is 22.8. The van der Waals surface area contributed by atoms with Gasteiger partial charge in [0.1, 0.15) is 17.4 Å². The maximum absolute atomic E-state index is 15.0. The van der Waals surface area contributed by atoms with E-state index in [0.717, 1.165) is 12.2 Å². The van der Waals surface area contributed by atoms with Gasteiger partial charge in [-0.1, -0.05) is 17.7 Å². The van der Waals surface area contributed by atoms with Crippen molar-refractivity contribution in [2.45, 2.75) is 13.3 Å². The first kappa shape index (κ1) is 27.3. The summed E-state index contributed by atoms with van der Waals surface area (Å²) in [5.74, 6) is 0.161. The number of phenolic OH excluding ortho intramolecular Hbond substituents is 1. The second-order valence-corrected chi connectivity index (χ2v) is 9.89. The molecule has 5 rings (SSSR count). The average molecular weight is 566 g/mol. The Kier molecular flexibility index (Phi) is 7.81. The number of pyridine rings is 1. The van der Waals surface area contributed by atoms with Crippen molar-refractivity contribution in [1.29, 1.82) is 0 Å². The third kappa shape index (κ3) is 5.54. The molecule has 1 aliphatic rings. The molecule has 11 heteroatoms. The molecule has 0 radical (unpaired) electrons. The number of rotatable bonds is 8. The number of ether oxygens (including phenoxy) is 1. The molecule has 0 fully saturated rings. The number of phenols is 1. The van der Waals surface area contributed by atoms with E-state index in [0.29, 0.717) is 35.6 Å². The monoisotopic (exact) mass is 565 g/mol. The van der Waals surface area contributed by atoms with Gasteiger partial charge in [0, 0.05) is 74.6 Å². The highest BCUT2D eigenvalue weighted by atomic mass is 35.5. The van der Waals surface area contributed by atoms with Gasteiger partial charge in [0.2, 0.25) is 5.88 Å². The molecule has 2 aromatic heterocycles. The molecule has 40 heavy (non-hydrogen) atoms. The van der Waals surface area contributed by atoms with Crippen molar-refractivity contribution in [2.24, 2.45) is 7.05 Å². The maximum Gasteiger partial charge on any atom is 0.332 e. The van der Waals surface area contributed by atoms with E-state index in [9.17, 15) is 9.90 Å². The normalized spacial score (nSPS) is 13.2. The number of hydrogen-bond donors (Lipinski definition) is 3. The van der Waals surface area contributed by atoms with Crippen LogP contribution in [0.15, 0.2) is 71.5 Å². The molecule has 0 spiro atoms. The number of halogens is 2. The maximum atomic E-state index is 15.0. The molecular formula is C29H29ClFN5O4. The van der Waals surface area contributed by atoms with E-state index >= 15 is 4.39 Å². The molecule has 0 unspecified atom stereocenters. The number of aliphatic hydroxyl groups is 1. The number of benzene rings is 2. The Morgan fingerprint density at radius 2 is 1.90 bits per heavy atom. The summed E-state index contributed by atoms with van der Waals surface area (Å²) in [6.45, 7) is 3.54. The van der Waals surface area contributed by atoms with E-state index in [4.69, 9.17) is 21.4 Å². The third-order valence-electron chi connectivity index (χ3n) is 6.59. The molecule has 0 saturated carbocycles. The van der Waals surface area contributed by atoms with Crippen LogP contribution >= 0.6 is 11.6 Å². The summed E-state index contributed by atoms with van der Waals surface area (Å²) < 4.78 is 23.7. The van der Waals surface area contributed by atoms with E-state index in [1.807, 2.05) is 18.0 Å². The number of aromatic hydroxyl groups is 1. The Morgan fingerprint density at radius 3 is 2.58 bits per heavy atom. The molecular weight excluding hydrogens is 537 g/mol. The van der Waals surface area contributed by atoms with Crippen molar-refractivity contribution in [3.05, 3.63) is 88.1 Å². The molecule has 9 nitrogen and oxygen atoms in total. The summed E-state index contributed by atoms with van der Waals surface area (Å²) in [7, 11) is 1.64. The third-order valence-corrected chi connectivity index (χ3v) is 6.89. The van der Waals surface area contributed by atoms with Gasteiger partial charge in [0.25, 0.3) is 0 Å². The van der Waals surface area contributed by atoms with Gasteiger partial charge < -0.3 is 29.7 Å². The standard InChI is InChI=1S/C29H29ClFN5O4/c1-18-17-35(7-6-32-18)26-13-20(14-27(33-26)40-11-3-10-37)23-16-21(31)15-22(28(23)38)19-4-5-25(24(30)12-19)36-9-8-34(2)29(36)39/h4-5,8-9,12-17,32,37-38H,3,6-7,10-11H2,1-2H3. The molecule has 0 bridgehead atoms. The fourth-order valence-electron chi connectivity index (χ4n) is 4.56. The van der Waals surface area contributed by atoms with Crippen LogP contribution in [0.1, 0.15) is 13.3 Å². The van der Waals surface area contributed by atoms with E-state index in [-0.39, 0.29) is 46.7 Å². The molecule has 0 aliphatic carbocycles. The minimum Gasteiger partial charge on any atom is -0.507 e. The second-order valence-electron chi connectivity index (χ2n) is 9.49. The Bertz CT molecular complexity index is 1650. The van der Waals surface area contributed by atoms with E-state index in [1.54, 1.807) is 49.8 Å². The number of imidazole rings is 1. The lowest BCUT2D eigenvalue weighted by molar-refractivity contribution is 0.229. The quantitative estimate of drug-likeness (QED) is 0.271. The van der Waals surface area contributed by atoms with Gasteiger partial charge in [-0.25, -0.2) is 9.18 Å². The second kappa shape index (κ2) is 11.4.